The smallest absolute Gasteiger partial charge is 0.112 e. The minimum absolute atomic E-state index is 0.0797. The Labute approximate surface area is 92.0 Å². The molecule has 0 aromatic heterocycles. The topological polar surface area (TPSA) is 40.5 Å². The van der Waals surface area contributed by atoms with Gasteiger partial charge in [0.05, 0.1) is 6.10 Å². The summed E-state index contributed by atoms with van der Waals surface area (Å²) in [6.07, 6.45) is 0.603. The highest BCUT2D eigenvalue weighted by atomic mass is 16.3. The monoisotopic (exact) mass is 208 g/mol. The number of aliphatic hydroxyl groups excluding tert-OH is 2. The van der Waals surface area contributed by atoms with Crippen LogP contribution in [0.2, 0.25) is 0 Å². The van der Waals surface area contributed by atoms with E-state index in [4.69, 9.17) is 5.11 Å². The Morgan fingerprint density at radius 2 is 2.07 bits per heavy atom. The van der Waals surface area contributed by atoms with Crippen molar-refractivity contribution in [3.8, 4) is 11.8 Å². The molecule has 84 valence electrons. The summed E-state index contributed by atoms with van der Waals surface area (Å²) in [5, 5.41) is 18.8. The van der Waals surface area contributed by atoms with Crippen LogP contribution in [0.15, 0.2) is 11.1 Å². The van der Waals surface area contributed by atoms with E-state index in [1.807, 2.05) is 6.92 Å². The maximum atomic E-state index is 9.68. The summed E-state index contributed by atoms with van der Waals surface area (Å²) in [5.74, 6) is 5.83. The van der Waals surface area contributed by atoms with E-state index < -0.39 is 6.10 Å². The van der Waals surface area contributed by atoms with Gasteiger partial charge in [0.15, 0.2) is 0 Å². The number of hydrogen-bond donors (Lipinski definition) is 2. The van der Waals surface area contributed by atoms with E-state index in [9.17, 15) is 5.11 Å². The van der Waals surface area contributed by atoms with Crippen molar-refractivity contribution in [2.45, 2.75) is 52.7 Å². The number of rotatable bonds is 0. The Morgan fingerprint density at radius 1 is 1.47 bits per heavy atom. The Hall–Kier alpha value is -0.780. The first-order valence-electron chi connectivity index (χ1n) is 5.41. The first-order chi connectivity index (χ1) is 6.83. The summed E-state index contributed by atoms with van der Waals surface area (Å²) < 4.78 is 0. The third-order valence-corrected chi connectivity index (χ3v) is 2.80. The van der Waals surface area contributed by atoms with Gasteiger partial charge in [-0.1, -0.05) is 31.3 Å². The highest BCUT2D eigenvalue weighted by Crippen LogP contribution is 2.39. The molecule has 2 heteroatoms. The lowest BCUT2D eigenvalue weighted by Gasteiger charge is -2.34. The molecule has 0 amide bonds. The third kappa shape index (κ3) is 3.09. The summed E-state index contributed by atoms with van der Waals surface area (Å²) in [5.41, 5.74) is 2.14. The van der Waals surface area contributed by atoms with Gasteiger partial charge < -0.3 is 10.2 Å². The van der Waals surface area contributed by atoms with Crippen LogP contribution in [0, 0.1) is 17.3 Å². The fourth-order valence-corrected chi connectivity index (χ4v) is 2.25. The van der Waals surface area contributed by atoms with Gasteiger partial charge >= 0.3 is 0 Å². The van der Waals surface area contributed by atoms with Crippen LogP contribution in [0.25, 0.3) is 0 Å². The molecule has 0 aliphatic heterocycles. The first-order valence-corrected chi connectivity index (χ1v) is 5.41. The second kappa shape index (κ2) is 4.38. The van der Waals surface area contributed by atoms with E-state index >= 15 is 0 Å². The van der Waals surface area contributed by atoms with Crippen LogP contribution in [0.3, 0.4) is 0 Å². The molecular weight excluding hydrogens is 188 g/mol. The van der Waals surface area contributed by atoms with Crippen LogP contribution in [-0.4, -0.2) is 22.4 Å². The lowest BCUT2D eigenvalue weighted by atomic mass is 9.72. The van der Waals surface area contributed by atoms with E-state index in [1.54, 1.807) is 6.92 Å². The molecule has 1 aliphatic rings. The molecule has 0 heterocycles. The van der Waals surface area contributed by atoms with Crippen molar-refractivity contribution in [3.63, 3.8) is 0 Å². The SMILES string of the molecule is CC1=C(C#C[C@H](C)O)C(C)(C)C[C@@H](O)C1. The van der Waals surface area contributed by atoms with Gasteiger partial charge in [0, 0.05) is 11.0 Å². The summed E-state index contributed by atoms with van der Waals surface area (Å²) in [4.78, 5) is 0. The molecule has 15 heavy (non-hydrogen) atoms. The van der Waals surface area contributed by atoms with Crippen LogP contribution >= 0.6 is 0 Å². The van der Waals surface area contributed by atoms with Crippen LogP contribution in [0.5, 0.6) is 0 Å². The molecule has 2 atom stereocenters. The lowest BCUT2D eigenvalue weighted by Crippen LogP contribution is -2.28. The van der Waals surface area contributed by atoms with Crippen molar-refractivity contribution in [1.82, 2.24) is 0 Å². The van der Waals surface area contributed by atoms with Gasteiger partial charge in [-0.25, -0.2) is 0 Å². The molecule has 1 rings (SSSR count). The Bertz CT molecular complexity index is 326. The van der Waals surface area contributed by atoms with Crippen molar-refractivity contribution >= 4 is 0 Å². The Kier molecular flexibility index (Phi) is 3.59. The molecule has 0 radical (unpaired) electrons. The molecule has 0 saturated heterocycles. The molecule has 0 aromatic carbocycles. The Balaban J connectivity index is 3.03. The van der Waals surface area contributed by atoms with Gasteiger partial charge in [0.1, 0.15) is 6.10 Å². The van der Waals surface area contributed by atoms with E-state index in [2.05, 4.69) is 25.7 Å². The van der Waals surface area contributed by atoms with Crippen molar-refractivity contribution < 1.29 is 10.2 Å². The first kappa shape index (κ1) is 12.3. The van der Waals surface area contributed by atoms with Gasteiger partial charge in [-0.05, 0) is 26.7 Å². The predicted molar refractivity (Wildman–Crippen MR) is 61.2 cm³/mol. The van der Waals surface area contributed by atoms with Crippen LogP contribution in [-0.2, 0) is 0 Å². The molecule has 0 fully saturated rings. The fourth-order valence-electron chi connectivity index (χ4n) is 2.25. The maximum absolute atomic E-state index is 9.68. The average molecular weight is 208 g/mol. The molecule has 0 saturated carbocycles. The second-order valence-electron chi connectivity index (χ2n) is 5.05. The van der Waals surface area contributed by atoms with E-state index in [0.29, 0.717) is 6.42 Å². The molecule has 0 aromatic rings. The van der Waals surface area contributed by atoms with Crippen molar-refractivity contribution in [1.29, 1.82) is 0 Å². The number of aliphatic hydroxyl groups is 2. The highest BCUT2D eigenvalue weighted by Gasteiger charge is 2.31. The molecule has 0 spiro atoms. The zero-order valence-electron chi connectivity index (χ0n) is 9.96. The van der Waals surface area contributed by atoms with Crippen LogP contribution < -0.4 is 0 Å². The second-order valence-corrected chi connectivity index (χ2v) is 5.05. The van der Waals surface area contributed by atoms with E-state index in [1.165, 1.54) is 0 Å². The average Bonchev–Trinajstić information content (AvgIpc) is 1.98. The number of allylic oxidation sites excluding steroid dienone is 1. The highest BCUT2D eigenvalue weighted by molar-refractivity contribution is 5.40. The van der Waals surface area contributed by atoms with E-state index in [0.717, 1.165) is 17.6 Å². The molecule has 2 nitrogen and oxygen atoms in total. The van der Waals surface area contributed by atoms with Crippen LogP contribution in [0.4, 0.5) is 0 Å². The van der Waals surface area contributed by atoms with Crippen LogP contribution in [0.1, 0.15) is 40.5 Å². The predicted octanol–water partition coefficient (Wildman–Crippen LogP) is 1.87. The van der Waals surface area contributed by atoms with Crippen molar-refractivity contribution in [2.24, 2.45) is 5.41 Å². The maximum Gasteiger partial charge on any atom is 0.112 e. The normalized spacial score (nSPS) is 26.9. The summed E-state index contributed by atoms with van der Waals surface area (Å²) in [6, 6.07) is 0. The minimum Gasteiger partial charge on any atom is -0.393 e. The molecule has 1 aliphatic carbocycles. The summed E-state index contributed by atoms with van der Waals surface area (Å²) in [7, 11) is 0. The third-order valence-electron chi connectivity index (χ3n) is 2.80. The minimum atomic E-state index is -0.590. The fraction of sp³-hybridized carbons (Fsp3) is 0.692. The van der Waals surface area contributed by atoms with Gasteiger partial charge in [0.2, 0.25) is 0 Å². The molecular formula is C13H20O2. The van der Waals surface area contributed by atoms with Gasteiger partial charge in [-0.2, -0.15) is 0 Å². The molecule has 0 bridgehead atoms. The zero-order valence-corrected chi connectivity index (χ0v) is 9.96. The van der Waals surface area contributed by atoms with Gasteiger partial charge in [0.25, 0.3) is 0 Å². The summed E-state index contributed by atoms with van der Waals surface area (Å²) in [6.45, 7) is 7.85. The van der Waals surface area contributed by atoms with Gasteiger partial charge in [-0.3, -0.25) is 0 Å². The number of hydrogen-bond acceptors (Lipinski definition) is 2. The molecule has 0 unspecified atom stereocenters. The largest absolute Gasteiger partial charge is 0.393 e. The Morgan fingerprint density at radius 3 is 2.53 bits per heavy atom. The molecule has 2 N–H and O–H groups in total. The van der Waals surface area contributed by atoms with E-state index in [-0.39, 0.29) is 11.5 Å². The lowest BCUT2D eigenvalue weighted by molar-refractivity contribution is 0.117. The van der Waals surface area contributed by atoms with Crippen molar-refractivity contribution in [2.75, 3.05) is 0 Å². The van der Waals surface area contributed by atoms with Crippen molar-refractivity contribution in [3.05, 3.63) is 11.1 Å². The quantitative estimate of drug-likeness (QED) is 0.597. The van der Waals surface area contributed by atoms with Gasteiger partial charge in [-0.15, -0.1) is 0 Å². The zero-order chi connectivity index (χ0) is 11.6. The standard InChI is InChI=1S/C13H20O2/c1-9-7-11(15)8-13(3,4)12(9)6-5-10(2)14/h10-11,14-15H,7-8H2,1-4H3/t10-,11-/m0/s1. The summed E-state index contributed by atoms with van der Waals surface area (Å²) >= 11 is 0.